The van der Waals surface area contributed by atoms with Crippen LogP contribution < -0.4 is 0 Å². The van der Waals surface area contributed by atoms with Gasteiger partial charge in [0.1, 0.15) is 5.76 Å². The minimum Gasteiger partial charge on any atom is -0.469 e. The van der Waals surface area contributed by atoms with E-state index in [9.17, 15) is 9.59 Å². The van der Waals surface area contributed by atoms with Crippen LogP contribution in [-0.4, -0.2) is 18.9 Å². The molecule has 0 aliphatic rings. The molecule has 1 heterocycles. The van der Waals surface area contributed by atoms with Crippen molar-refractivity contribution in [1.82, 2.24) is 0 Å². The van der Waals surface area contributed by atoms with Crippen molar-refractivity contribution in [1.29, 1.82) is 0 Å². The van der Waals surface area contributed by atoms with Gasteiger partial charge in [-0.3, -0.25) is 9.59 Å². The van der Waals surface area contributed by atoms with Gasteiger partial charge < -0.3 is 9.15 Å². The normalized spacial score (nSPS) is 9.86. The molecule has 0 saturated heterocycles. The molecule has 0 amide bonds. The van der Waals surface area contributed by atoms with Crippen molar-refractivity contribution in [2.75, 3.05) is 7.11 Å². The summed E-state index contributed by atoms with van der Waals surface area (Å²) in [7, 11) is 1.30. The first kappa shape index (κ1) is 10.5. The molecule has 0 aromatic carbocycles. The van der Waals surface area contributed by atoms with Crippen LogP contribution >= 0.6 is 0 Å². The third-order valence-electron chi connectivity index (χ3n) is 1.80. The molecule has 4 nitrogen and oxygen atoms in total. The van der Waals surface area contributed by atoms with Crippen molar-refractivity contribution in [3.8, 4) is 0 Å². The Morgan fingerprint density at radius 1 is 1.36 bits per heavy atom. The third kappa shape index (κ3) is 2.73. The van der Waals surface area contributed by atoms with Crippen LogP contribution in [0.2, 0.25) is 0 Å². The second-order valence-corrected chi connectivity index (χ2v) is 2.91. The molecule has 0 fully saturated rings. The second kappa shape index (κ2) is 4.60. The lowest BCUT2D eigenvalue weighted by molar-refractivity contribution is -0.140. The Morgan fingerprint density at radius 3 is 2.57 bits per heavy atom. The third-order valence-corrected chi connectivity index (χ3v) is 1.80. The molecule has 0 atom stereocenters. The predicted octanol–water partition coefficient (Wildman–Crippen LogP) is 1.72. The largest absolute Gasteiger partial charge is 0.469 e. The first-order valence-electron chi connectivity index (χ1n) is 4.30. The fraction of sp³-hybridized carbons (Fsp3) is 0.400. The summed E-state index contributed by atoms with van der Waals surface area (Å²) >= 11 is 0. The maximum atomic E-state index is 11.4. The van der Waals surface area contributed by atoms with Gasteiger partial charge >= 0.3 is 5.97 Å². The number of hydrogen-bond donors (Lipinski definition) is 0. The number of ether oxygens (including phenoxy) is 1. The molecule has 1 aromatic rings. The number of carbonyl (C=O) groups excluding carboxylic acids is 2. The van der Waals surface area contributed by atoms with Gasteiger partial charge in [-0.1, -0.05) is 0 Å². The van der Waals surface area contributed by atoms with E-state index in [1.165, 1.54) is 7.11 Å². The molecule has 0 aliphatic heterocycles. The summed E-state index contributed by atoms with van der Waals surface area (Å²) in [5.74, 6) is 0.419. The minimum atomic E-state index is -0.387. The molecule has 0 spiro atoms. The SMILES string of the molecule is COC(=O)CCC(=O)c1ccc(C)o1. The summed E-state index contributed by atoms with van der Waals surface area (Å²) in [6.45, 7) is 1.76. The molecule has 0 bridgehead atoms. The Labute approximate surface area is 81.9 Å². The van der Waals surface area contributed by atoms with E-state index < -0.39 is 0 Å². The van der Waals surface area contributed by atoms with Crippen LogP contribution in [-0.2, 0) is 9.53 Å². The number of aryl methyl sites for hydroxylation is 1. The summed E-state index contributed by atoms with van der Waals surface area (Å²) < 4.78 is 9.53. The molecule has 0 saturated carbocycles. The molecule has 1 aromatic heterocycles. The van der Waals surface area contributed by atoms with Crippen molar-refractivity contribution >= 4 is 11.8 Å². The van der Waals surface area contributed by atoms with Crippen molar-refractivity contribution < 1.29 is 18.7 Å². The highest BCUT2D eigenvalue weighted by molar-refractivity contribution is 5.95. The molecule has 76 valence electrons. The van der Waals surface area contributed by atoms with Gasteiger partial charge in [-0.05, 0) is 19.1 Å². The first-order chi connectivity index (χ1) is 6.63. The van der Waals surface area contributed by atoms with E-state index in [4.69, 9.17) is 4.42 Å². The first-order valence-corrected chi connectivity index (χ1v) is 4.30. The van der Waals surface area contributed by atoms with Crippen molar-refractivity contribution in [3.63, 3.8) is 0 Å². The van der Waals surface area contributed by atoms with E-state index in [-0.39, 0.29) is 24.6 Å². The lowest BCUT2D eigenvalue weighted by Gasteiger charge is -1.96. The van der Waals surface area contributed by atoms with Gasteiger partial charge in [-0.15, -0.1) is 0 Å². The maximum Gasteiger partial charge on any atom is 0.305 e. The Morgan fingerprint density at radius 2 is 2.07 bits per heavy atom. The molecule has 0 N–H and O–H groups in total. The standard InChI is InChI=1S/C10H12O4/c1-7-3-5-9(14-7)8(11)4-6-10(12)13-2/h3,5H,4,6H2,1-2H3. The molecule has 0 unspecified atom stereocenters. The average molecular weight is 196 g/mol. The molecule has 0 aliphatic carbocycles. The molecule has 0 radical (unpaired) electrons. The Kier molecular flexibility index (Phi) is 3.45. The number of methoxy groups -OCH3 is 1. The van der Waals surface area contributed by atoms with Crippen LogP contribution in [0.15, 0.2) is 16.5 Å². The number of furan rings is 1. The van der Waals surface area contributed by atoms with E-state index in [1.807, 2.05) is 0 Å². The fourth-order valence-electron chi connectivity index (χ4n) is 1.03. The predicted molar refractivity (Wildman–Crippen MR) is 49.0 cm³/mol. The topological polar surface area (TPSA) is 56.5 Å². The highest BCUT2D eigenvalue weighted by Crippen LogP contribution is 2.10. The maximum absolute atomic E-state index is 11.4. The summed E-state index contributed by atoms with van der Waals surface area (Å²) in [6.07, 6.45) is 0.217. The highest BCUT2D eigenvalue weighted by Gasteiger charge is 2.12. The van der Waals surface area contributed by atoms with Gasteiger partial charge in [0.25, 0.3) is 0 Å². The van der Waals surface area contributed by atoms with Crippen LogP contribution in [0, 0.1) is 6.92 Å². The van der Waals surface area contributed by atoms with Gasteiger partial charge in [0.05, 0.1) is 13.5 Å². The lowest BCUT2D eigenvalue weighted by atomic mass is 10.2. The molecule has 4 heteroatoms. The number of ketones is 1. The Hall–Kier alpha value is -1.58. The number of hydrogen-bond acceptors (Lipinski definition) is 4. The zero-order valence-electron chi connectivity index (χ0n) is 8.20. The van der Waals surface area contributed by atoms with Gasteiger partial charge in [0.15, 0.2) is 11.5 Å². The lowest BCUT2D eigenvalue weighted by Crippen LogP contribution is -2.05. The Bertz CT molecular complexity index is 338. The van der Waals surface area contributed by atoms with Gasteiger partial charge in [-0.2, -0.15) is 0 Å². The minimum absolute atomic E-state index is 0.0923. The van der Waals surface area contributed by atoms with Crippen molar-refractivity contribution in [2.45, 2.75) is 19.8 Å². The van der Waals surface area contributed by atoms with Gasteiger partial charge in [0.2, 0.25) is 0 Å². The monoisotopic (exact) mass is 196 g/mol. The van der Waals surface area contributed by atoms with Crippen LogP contribution in [0.5, 0.6) is 0 Å². The highest BCUT2D eigenvalue weighted by atomic mass is 16.5. The van der Waals surface area contributed by atoms with Crippen LogP contribution in [0.4, 0.5) is 0 Å². The quantitative estimate of drug-likeness (QED) is 0.543. The van der Waals surface area contributed by atoms with Crippen LogP contribution in [0.1, 0.15) is 29.2 Å². The zero-order chi connectivity index (χ0) is 10.6. The fourth-order valence-corrected chi connectivity index (χ4v) is 1.03. The molecular weight excluding hydrogens is 184 g/mol. The number of esters is 1. The smallest absolute Gasteiger partial charge is 0.305 e. The Balaban J connectivity index is 2.47. The van der Waals surface area contributed by atoms with E-state index in [0.717, 1.165) is 0 Å². The summed E-state index contributed by atoms with van der Waals surface area (Å²) in [5.41, 5.74) is 0. The van der Waals surface area contributed by atoms with Gasteiger partial charge in [0, 0.05) is 6.42 Å². The molecule has 14 heavy (non-hydrogen) atoms. The summed E-state index contributed by atoms with van der Waals surface area (Å²) in [5, 5.41) is 0. The summed E-state index contributed by atoms with van der Waals surface area (Å²) in [4.78, 5) is 22.1. The van der Waals surface area contributed by atoms with E-state index in [0.29, 0.717) is 11.5 Å². The van der Waals surface area contributed by atoms with Crippen LogP contribution in [0.3, 0.4) is 0 Å². The van der Waals surface area contributed by atoms with E-state index in [1.54, 1.807) is 19.1 Å². The number of carbonyl (C=O) groups is 2. The van der Waals surface area contributed by atoms with Gasteiger partial charge in [-0.25, -0.2) is 0 Å². The second-order valence-electron chi connectivity index (χ2n) is 2.91. The molecular formula is C10H12O4. The van der Waals surface area contributed by atoms with Crippen molar-refractivity contribution in [2.24, 2.45) is 0 Å². The summed E-state index contributed by atoms with van der Waals surface area (Å²) in [6, 6.07) is 3.32. The average Bonchev–Trinajstić information content (AvgIpc) is 2.60. The van der Waals surface area contributed by atoms with E-state index in [2.05, 4.69) is 4.74 Å². The van der Waals surface area contributed by atoms with Crippen molar-refractivity contribution in [3.05, 3.63) is 23.7 Å². The van der Waals surface area contributed by atoms with Crippen LogP contribution in [0.25, 0.3) is 0 Å². The molecule has 1 rings (SSSR count). The number of Topliss-reactive ketones (excluding diaryl/α,β-unsaturated/α-hetero) is 1. The van der Waals surface area contributed by atoms with E-state index >= 15 is 0 Å². The number of rotatable bonds is 4. The zero-order valence-corrected chi connectivity index (χ0v) is 8.20.